The van der Waals surface area contributed by atoms with Crippen molar-refractivity contribution in [3.8, 4) is 0 Å². The van der Waals surface area contributed by atoms with Crippen LogP contribution in [0.2, 0.25) is 0 Å². The van der Waals surface area contributed by atoms with Crippen molar-refractivity contribution in [3.05, 3.63) is 58.7 Å². The number of carbonyl (C=O) groups is 2. The molecule has 3 N–H and O–H groups in total. The molecule has 0 spiro atoms. The average molecular weight is 365 g/mol. The normalized spacial score (nSPS) is 13.1. The Bertz CT molecular complexity index is 857. The first-order valence-corrected chi connectivity index (χ1v) is 9.51. The summed E-state index contributed by atoms with van der Waals surface area (Å²) in [5, 5.41) is 9.16. The van der Waals surface area contributed by atoms with Gasteiger partial charge in [0.05, 0.1) is 6.54 Å². The third kappa shape index (κ3) is 4.88. The number of hydrogen-bond acceptors (Lipinski definition) is 3. The van der Waals surface area contributed by atoms with Gasteiger partial charge in [0, 0.05) is 23.0 Å². The number of para-hydroxylation sites is 1. The molecular weight excluding hydrogens is 338 g/mol. The molecule has 0 unspecified atom stereocenters. The number of rotatable bonds is 7. The number of hydrogen-bond donors (Lipinski definition) is 3. The molecule has 0 aliphatic heterocycles. The van der Waals surface area contributed by atoms with Crippen LogP contribution in [0.4, 0.5) is 11.4 Å². The Morgan fingerprint density at radius 1 is 1.07 bits per heavy atom. The molecule has 0 atom stereocenters. The van der Waals surface area contributed by atoms with Crippen LogP contribution in [0.5, 0.6) is 0 Å². The van der Waals surface area contributed by atoms with Crippen LogP contribution in [-0.2, 0) is 11.2 Å². The lowest BCUT2D eigenvalue weighted by Gasteiger charge is -2.15. The molecule has 2 aromatic carbocycles. The summed E-state index contributed by atoms with van der Waals surface area (Å²) >= 11 is 0. The smallest absolute Gasteiger partial charge is 0.251 e. The molecule has 1 fully saturated rings. The standard InChI is InChI=1S/C22H27N3O2/c1-4-16-7-5-6-15(3)21(16)25-20(26)13-23-19-12-17(9-8-14(19)2)22(27)24-18-10-11-18/h5-9,12,18,23H,4,10-11,13H2,1-3H3,(H,24,27)(H,25,26). The largest absolute Gasteiger partial charge is 0.376 e. The van der Waals surface area contributed by atoms with Gasteiger partial charge >= 0.3 is 0 Å². The van der Waals surface area contributed by atoms with Gasteiger partial charge in [-0.3, -0.25) is 9.59 Å². The van der Waals surface area contributed by atoms with E-state index in [0.717, 1.165) is 47.3 Å². The maximum Gasteiger partial charge on any atom is 0.251 e. The highest BCUT2D eigenvalue weighted by atomic mass is 16.2. The minimum atomic E-state index is -0.105. The summed E-state index contributed by atoms with van der Waals surface area (Å²) in [7, 11) is 0. The zero-order chi connectivity index (χ0) is 19.4. The summed E-state index contributed by atoms with van der Waals surface area (Å²) in [6.45, 7) is 6.17. The predicted molar refractivity (Wildman–Crippen MR) is 109 cm³/mol. The van der Waals surface area contributed by atoms with E-state index < -0.39 is 0 Å². The van der Waals surface area contributed by atoms with E-state index in [0.29, 0.717) is 11.6 Å². The summed E-state index contributed by atoms with van der Waals surface area (Å²) in [6.07, 6.45) is 2.98. The molecule has 1 saturated carbocycles. The number of benzene rings is 2. The van der Waals surface area contributed by atoms with Crippen molar-refractivity contribution >= 4 is 23.2 Å². The molecule has 0 aromatic heterocycles. The SMILES string of the molecule is CCc1cccc(C)c1NC(=O)CNc1cc(C(=O)NC2CC2)ccc1C. The molecular formula is C22H27N3O2. The summed E-state index contributed by atoms with van der Waals surface area (Å²) < 4.78 is 0. The van der Waals surface area contributed by atoms with Crippen molar-refractivity contribution in [2.75, 3.05) is 17.2 Å². The Labute approximate surface area is 160 Å². The lowest BCUT2D eigenvalue weighted by Crippen LogP contribution is -2.26. The first-order valence-electron chi connectivity index (χ1n) is 9.51. The van der Waals surface area contributed by atoms with E-state index in [2.05, 4.69) is 22.9 Å². The number of anilines is 2. The first-order chi connectivity index (χ1) is 13.0. The van der Waals surface area contributed by atoms with Crippen LogP contribution in [0.15, 0.2) is 36.4 Å². The summed E-state index contributed by atoms with van der Waals surface area (Å²) in [6, 6.07) is 11.9. The van der Waals surface area contributed by atoms with E-state index in [9.17, 15) is 9.59 Å². The van der Waals surface area contributed by atoms with E-state index >= 15 is 0 Å². The molecule has 1 aliphatic carbocycles. The van der Waals surface area contributed by atoms with Crippen LogP contribution < -0.4 is 16.0 Å². The Morgan fingerprint density at radius 3 is 2.56 bits per heavy atom. The fraction of sp³-hybridized carbons (Fsp3) is 0.364. The van der Waals surface area contributed by atoms with Gasteiger partial charge in [0.15, 0.2) is 0 Å². The predicted octanol–water partition coefficient (Wildman–Crippen LogP) is 3.81. The molecule has 3 rings (SSSR count). The van der Waals surface area contributed by atoms with Gasteiger partial charge in [0.2, 0.25) is 5.91 Å². The van der Waals surface area contributed by atoms with Crippen molar-refractivity contribution < 1.29 is 9.59 Å². The van der Waals surface area contributed by atoms with Gasteiger partial charge in [-0.1, -0.05) is 31.2 Å². The summed E-state index contributed by atoms with van der Waals surface area (Å²) in [4.78, 5) is 24.7. The molecule has 5 nitrogen and oxygen atoms in total. The topological polar surface area (TPSA) is 70.2 Å². The number of amides is 2. The van der Waals surface area contributed by atoms with Crippen molar-refractivity contribution in [1.29, 1.82) is 0 Å². The van der Waals surface area contributed by atoms with Crippen LogP contribution >= 0.6 is 0 Å². The second-order valence-electron chi connectivity index (χ2n) is 7.14. The number of aryl methyl sites for hydroxylation is 3. The van der Waals surface area contributed by atoms with Gasteiger partial charge < -0.3 is 16.0 Å². The van der Waals surface area contributed by atoms with Crippen LogP contribution in [0, 0.1) is 13.8 Å². The monoisotopic (exact) mass is 365 g/mol. The quantitative estimate of drug-likeness (QED) is 0.699. The highest BCUT2D eigenvalue weighted by molar-refractivity contribution is 5.97. The molecule has 0 saturated heterocycles. The Hall–Kier alpha value is -2.82. The minimum Gasteiger partial charge on any atom is -0.376 e. The van der Waals surface area contributed by atoms with Crippen molar-refractivity contribution in [2.45, 2.75) is 46.1 Å². The Morgan fingerprint density at radius 2 is 1.85 bits per heavy atom. The van der Waals surface area contributed by atoms with Gasteiger partial charge in [-0.15, -0.1) is 0 Å². The zero-order valence-corrected chi connectivity index (χ0v) is 16.2. The highest BCUT2D eigenvalue weighted by Gasteiger charge is 2.24. The van der Waals surface area contributed by atoms with Gasteiger partial charge in [-0.2, -0.15) is 0 Å². The molecule has 0 heterocycles. The fourth-order valence-corrected chi connectivity index (χ4v) is 3.01. The van der Waals surface area contributed by atoms with Crippen molar-refractivity contribution in [1.82, 2.24) is 5.32 Å². The van der Waals surface area contributed by atoms with Gasteiger partial charge in [0.25, 0.3) is 5.91 Å². The molecule has 142 valence electrons. The van der Waals surface area contributed by atoms with Crippen molar-refractivity contribution in [3.63, 3.8) is 0 Å². The second-order valence-corrected chi connectivity index (χ2v) is 7.14. The lowest BCUT2D eigenvalue weighted by molar-refractivity contribution is -0.114. The van der Waals surface area contributed by atoms with Crippen molar-refractivity contribution in [2.24, 2.45) is 0 Å². The van der Waals surface area contributed by atoms with Gasteiger partial charge in [-0.05, 0) is 61.9 Å². The first kappa shape index (κ1) is 19.0. The molecule has 2 amide bonds. The molecule has 2 aromatic rings. The number of carbonyl (C=O) groups excluding carboxylic acids is 2. The maximum atomic E-state index is 12.4. The highest BCUT2D eigenvalue weighted by Crippen LogP contribution is 2.22. The number of nitrogens with one attached hydrogen (secondary N) is 3. The zero-order valence-electron chi connectivity index (χ0n) is 16.2. The van der Waals surface area contributed by atoms with Crippen LogP contribution in [-0.4, -0.2) is 24.4 Å². The van der Waals surface area contributed by atoms with Crippen LogP contribution in [0.3, 0.4) is 0 Å². The summed E-state index contributed by atoms with van der Waals surface area (Å²) in [5.74, 6) is -0.163. The third-order valence-electron chi connectivity index (χ3n) is 4.86. The third-order valence-corrected chi connectivity index (χ3v) is 4.86. The van der Waals surface area contributed by atoms with Crippen LogP contribution in [0.25, 0.3) is 0 Å². The summed E-state index contributed by atoms with van der Waals surface area (Å²) in [5.41, 5.74) is 5.48. The fourth-order valence-electron chi connectivity index (χ4n) is 3.01. The Kier molecular flexibility index (Phi) is 5.79. The van der Waals surface area contributed by atoms with Gasteiger partial charge in [-0.25, -0.2) is 0 Å². The lowest BCUT2D eigenvalue weighted by atomic mass is 10.1. The Balaban J connectivity index is 1.64. The molecule has 0 radical (unpaired) electrons. The average Bonchev–Trinajstić information content (AvgIpc) is 3.46. The van der Waals surface area contributed by atoms with E-state index in [4.69, 9.17) is 0 Å². The van der Waals surface area contributed by atoms with E-state index in [1.165, 1.54) is 0 Å². The van der Waals surface area contributed by atoms with E-state index in [1.54, 1.807) is 0 Å². The minimum absolute atomic E-state index is 0.0579. The van der Waals surface area contributed by atoms with E-state index in [1.807, 2.05) is 50.2 Å². The molecule has 27 heavy (non-hydrogen) atoms. The second kappa shape index (κ2) is 8.25. The van der Waals surface area contributed by atoms with E-state index in [-0.39, 0.29) is 18.4 Å². The van der Waals surface area contributed by atoms with Crippen LogP contribution in [0.1, 0.15) is 46.8 Å². The molecule has 0 bridgehead atoms. The van der Waals surface area contributed by atoms with Gasteiger partial charge in [0.1, 0.15) is 0 Å². The molecule has 1 aliphatic rings. The molecule has 5 heteroatoms. The maximum absolute atomic E-state index is 12.4.